The molecule has 0 atom stereocenters. The zero-order valence-electron chi connectivity index (χ0n) is 13.2. The second-order valence-corrected chi connectivity index (χ2v) is 5.65. The number of hydrogen-bond donors (Lipinski definition) is 1. The van der Waals surface area contributed by atoms with E-state index in [1.807, 2.05) is 24.3 Å². The van der Waals surface area contributed by atoms with E-state index in [9.17, 15) is 9.59 Å². The number of nitrogens with zero attached hydrogens (tertiary/aromatic N) is 1. The van der Waals surface area contributed by atoms with Gasteiger partial charge < -0.3 is 14.8 Å². The summed E-state index contributed by atoms with van der Waals surface area (Å²) in [5.74, 6) is -0.0272. The molecule has 2 rings (SSSR count). The number of carbonyl (C=O) groups is 2. The van der Waals surface area contributed by atoms with E-state index in [-0.39, 0.29) is 19.1 Å². The maximum atomic E-state index is 12.2. The summed E-state index contributed by atoms with van der Waals surface area (Å²) in [5, 5.41) is 3.29. The van der Waals surface area contributed by atoms with Gasteiger partial charge in [0, 0.05) is 5.56 Å². The zero-order chi connectivity index (χ0) is 16.8. The van der Waals surface area contributed by atoms with Gasteiger partial charge in [0.1, 0.15) is 22.2 Å². The third-order valence-electron chi connectivity index (χ3n) is 3.04. The van der Waals surface area contributed by atoms with Crippen LogP contribution in [0.3, 0.4) is 0 Å². The molecule has 0 saturated heterocycles. The van der Waals surface area contributed by atoms with Gasteiger partial charge in [-0.25, -0.2) is 4.98 Å². The number of ether oxygens (including phenoxy) is 2. The first-order chi connectivity index (χ1) is 11.0. The summed E-state index contributed by atoms with van der Waals surface area (Å²) >= 11 is 1.28. The number of hydrogen-bond acceptors (Lipinski definition) is 6. The molecule has 7 heteroatoms. The molecule has 0 aliphatic rings. The first kappa shape index (κ1) is 17.0. The van der Waals surface area contributed by atoms with Crippen molar-refractivity contribution < 1.29 is 19.1 Å². The second kappa shape index (κ2) is 7.73. The van der Waals surface area contributed by atoms with Gasteiger partial charge in [-0.05, 0) is 38.1 Å². The van der Waals surface area contributed by atoms with Gasteiger partial charge in [-0.1, -0.05) is 0 Å². The fourth-order valence-corrected chi connectivity index (χ4v) is 2.90. The van der Waals surface area contributed by atoms with E-state index in [4.69, 9.17) is 9.47 Å². The third kappa shape index (κ3) is 4.29. The highest BCUT2D eigenvalue weighted by Crippen LogP contribution is 2.29. The Kier molecular flexibility index (Phi) is 5.70. The molecular weight excluding hydrogens is 316 g/mol. The van der Waals surface area contributed by atoms with Crippen molar-refractivity contribution in [1.29, 1.82) is 0 Å². The Morgan fingerprint density at radius 1 is 1.26 bits per heavy atom. The van der Waals surface area contributed by atoms with E-state index in [1.165, 1.54) is 11.3 Å². The van der Waals surface area contributed by atoms with E-state index in [1.54, 1.807) is 21.0 Å². The summed E-state index contributed by atoms with van der Waals surface area (Å²) < 4.78 is 9.90. The number of nitrogens with one attached hydrogen (secondary N) is 1. The summed E-state index contributed by atoms with van der Waals surface area (Å²) in [6.07, 6.45) is 0. The quantitative estimate of drug-likeness (QED) is 0.821. The largest absolute Gasteiger partial charge is 0.497 e. The molecule has 1 heterocycles. The van der Waals surface area contributed by atoms with E-state index in [0.717, 1.165) is 16.3 Å². The van der Waals surface area contributed by atoms with Crippen LogP contribution in [0, 0.1) is 6.92 Å². The van der Waals surface area contributed by atoms with Crippen molar-refractivity contribution in [1.82, 2.24) is 10.3 Å². The summed E-state index contributed by atoms with van der Waals surface area (Å²) in [6, 6.07) is 7.45. The second-order valence-electron chi connectivity index (χ2n) is 4.65. The smallest absolute Gasteiger partial charge is 0.325 e. The lowest BCUT2D eigenvalue weighted by molar-refractivity contribution is -0.141. The van der Waals surface area contributed by atoms with Gasteiger partial charge in [0.05, 0.1) is 19.4 Å². The Labute approximate surface area is 138 Å². The summed E-state index contributed by atoms with van der Waals surface area (Å²) in [6.45, 7) is 3.62. The topological polar surface area (TPSA) is 77.5 Å². The minimum absolute atomic E-state index is 0.151. The molecule has 122 valence electrons. The number of thiazole rings is 1. The monoisotopic (exact) mass is 334 g/mol. The summed E-state index contributed by atoms with van der Waals surface area (Å²) in [7, 11) is 1.61. The van der Waals surface area contributed by atoms with Crippen molar-refractivity contribution >= 4 is 23.2 Å². The molecule has 0 fully saturated rings. The van der Waals surface area contributed by atoms with Crippen LogP contribution in [0.1, 0.15) is 22.3 Å². The Hall–Kier alpha value is -2.41. The standard InChI is InChI=1S/C16H18N2O4S/c1-4-22-13(19)9-17-15(20)14-10(2)18-16(23-14)11-5-7-12(21-3)8-6-11/h5-8H,4,9H2,1-3H3,(H,17,20). The van der Waals surface area contributed by atoms with Crippen molar-refractivity contribution in [2.75, 3.05) is 20.3 Å². The Bertz CT molecular complexity index is 695. The maximum Gasteiger partial charge on any atom is 0.325 e. The zero-order valence-corrected chi connectivity index (χ0v) is 14.0. The average molecular weight is 334 g/mol. The molecule has 1 aromatic carbocycles. The lowest BCUT2D eigenvalue weighted by Crippen LogP contribution is -2.30. The van der Waals surface area contributed by atoms with E-state index >= 15 is 0 Å². The number of esters is 1. The van der Waals surface area contributed by atoms with Gasteiger partial charge in [0.2, 0.25) is 0 Å². The van der Waals surface area contributed by atoms with Crippen LogP contribution in [-0.4, -0.2) is 37.1 Å². The third-order valence-corrected chi connectivity index (χ3v) is 4.24. The molecule has 2 aromatic rings. The van der Waals surface area contributed by atoms with Gasteiger partial charge in [-0.2, -0.15) is 0 Å². The molecule has 0 saturated carbocycles. The molecule has 1 N–H and O–H groups in total. The first-order valence-electron chi connectivity index (χ1n) is 7.10. The number of benzene rings is 1. The first-order valence-corrected chi connectivity index (χ1v) is 7.92. The SMILES string of the molecule is CCOC(=O)CNC(=O)c1sc(-c2ccc(OC)cc2)nc1C. The molecule has 0 unspecified atom stereocenters. The van der Waals surface area contributed by atoms with Crippen molar-refractivity contribution in [2.45, 2.75) is 13.8 Å². The van der Waals surface area contributed by atoms with Crippen molar-refractivity contribution in [2.24, 2.45) is 0 Å². The maximum absolute atomic E-state index is 12.2. The number of amides is 1. The van der Waals surface area contributed by atoms with Crippen LogP contribution in [0.5, 0.6) is 5.75 Å². The molecule has 0 radical (unpaired) electrons. The highest BCUT2D eigenvalue weighted by atomic mass is 32.1. The van der Waals surface area contributed by atoms with E-state index in [2.05, 4.69) is 10.3 Å². The minimum atomic E-state index is -0.460. The molecule has 0 spiro atoms. The van der Waals surface area contributed by atoms with Gasteiger partial charge in [-0.15, -0.1) is 11.3 Å². The lowest BCUT2D eigenvalue weighted by atomic mass is 10.2. The fourth-order valence-electron chi connectivity index (χ4n) is 1.91. The number of carbonyl (C=O) groups excluding carboxylic acids is 2. The van der Waals surface area contributed by atoms with Crippen LogP contribution in [-0.2, 0) is 9.53 Å². The molecule has 23 heavy (non-hydrogen) atoms. The Morgan fingerprint density at radius 3 is 2.57 bits per heavy atom. The predicted molar refractivity (Wildman–Crippen MR) is 87.8 cm³/mol. The highest BCUT2D eigenvalue weighted by molar-refractivity contribution is 7.17. The fraction of sp³-hybridized carbons (Fsp3) is 0.312. The van der Waals surface area contributed by atoms with Crippen LogP contribution in [0.4, 0.5) is 0 Å². The average Bonchev–Trinajstić information content (AvgIpc) is 2.95. The van der Waals surface area contributed by atoms with Crippen molar-refractivity contribution in [3.8, 4) is 16.3 Å². The molecule has 0 aliphatic carbocycles. The normalized spacial score (nSPS) is 10.2. The van der Waals surface area contributed by atoms with E-state index < -0.39 is 5.97 Å². The number of aromatic nitrogens is 1. The Balaban J connectivity index is 2.10. The molecular formula is C16H18N2O4S. The van der Waals surface area contributed by atoms with Crippen LogP contribution in [0.2, 0.25) is 0 Å². The van der Waals surface area contributed by atoms with Crippen LogP contribution < -0.4 is 10.1 Å². The molecule has 1 aromatic heterocycles. The number of methoxy groups -OCH3 is 1. The van der Waals surface area contributed by atoms with Gasteiger partial charge >= 0.3 is 5.97 Å². The summed E-state index contributed by atoms with van der Waals surface area (Å²) in [5.41, 5.74) is 1.53. The van der Waals surface area contributed by atoms with Crippen LogP contribution in [0.15, 0.2) is 24.3 Å². The van der Waals surface area contributed by atoms with Gasteiger partial charge in [0.25, 0.3) is 5.91 Å². The molecule has 0 bridgehead atoms. The lowest BCUT2D eigenvalue weighted by Gasteiger charge is -2.03. The molecule has 0 aliphatic heterocycles. The molecule has 6 nitrogen and oxygen atoms in total. The molecule has 1 amide bonds. The van der Waals surface area contributed by atoms with Gasteiger partial charge in [0.15, 0.2) is 0 Å². The summed E-state index contributed by atoms with van der Waals surface area (Å²) in [4.78, 5) is 28.3. The van der Waals surface area contributed by atoms with Crippen molar-refractivity contribution in [3.63, 3.8) is 0 Å². The van der Waals surface area contributed by atoms with Gasteiger partial charge in [-0.3, -0.25) is 9.59 Å². The van der Waals surface area contributed by atoms with Crippen LogP contribution in [0.25, 0.3) is 10.6 Å². The Morgan fingerprint density at radius 2 is 1.96 bits per heavy atom. The minimum Gasteiger partial charge on any atom is -0.497 e. The highest BCUT2D eigenvalue weighted by Gasteiger charge is 2.17. The van der Waals surface area contributed by atoms with E-state index in [0.29, 0.717) is 10.6 Å². The number of rotatable bonds is 6. The van der Waals surface area contributed by atoms with Crippen molar-refractivity contribution in [3.05, 3.63) is 34.8 Å². The number of aryl methyl sites for hydroxylation is 1. The van der Waals surface area contributed by atoms with Crippen LogP contribution >= 0.6 is 11.3 Å². The predicted octanol–water partition coefficient (Wildman–Crippen LogP) is 2.42.